The summed E-state index contributed by atoms with van der Waals surface area (Å²) in [6, 6.07) is 9.85. The van der Waals surface area contributed by atoms with E-state index in [1.54, 1.807) is 11.3 Å². The van der Waals surface area contributed by atoms with Gasteiger partial charge in [0, 0.05) is 33.5 Å². The van der Waals surface area contributed by atoms with E-state index in [9.17, 15) is 4.79 Å². The first-order valence-electron chi connectivity index (χ1n) is 7.34. The topological polar surface area (TPSA) is 50.4 Å². The van der Waals surface area contributed by atoms with Gasteiger partial charge in [0.2, 0.25) is 0 Å². The molecule has 0 fully saturated rings. The SMILES string of the molecule is CC(C)(C)OC(=O)Nc1ccc(CNCc2cc(Br)cs2)cc1. The summed E-state index contributed by atoms with van der Waals surface area (Å²) in [6.45, 7) is 7.14. The summed E-state index contributed by atoms with van der Waals surface area (Å²) >= 11 is 5.18. The third-order valence-corrected chi connectivity index (χ3v) is 4.55. The van der Waals surface area contributed by atoms with Crippen LogP contribution in [-0.4, -0.2) is 11.7 Å². The molecule has 1 aromatic carbocycles. The number of thiophene rings is 1. The van der Waals surface area contributed by atoms with Gasteiger partial charge < -0.3 is 10.1 Å². The molecule has 0 aliphatic heterocycles. The number of anilines is 1. The van der Waals surface area contributed by atoms with Gasteiger partial charge in [-0.1, -0.05) is 12.1 Å². The largest absolute Gasteiger partial charge is 0.444 e. The highest BCUT2D eigenvalue weighted by molar-refractivity contribution is 9.10. The van der Waals surface area contributed by atoms with E-state index in [0.29, 0.717) is 0 Å². The average Bonchev–Trinajstić information content (AvgIpc) is 2.84. The van der Waals surface area contributed by atoms with Crippen LogP contribution in [0.2, 0.25) is 0 Å². The molecule has 2 rings (SSSR count). The van der Waals surface area contributed by atoms with Crippen LogP contribution in [-0.2, 0) is 17.8 Å². The number of amides is 1. The second kappa shape index (κ2) is 7.95. The maximum Gasteiger partial charge on any atom is 0.412 e. The lowest BCUT2D eigenvalue weighted by Crippen LogP contribution is -2.27. The Morgan fingerprint density at radius 3 is 2.48 bits per heavy atom. The van der Waals surface area contributed by atoms with Crippen LogP contribution in [0.4, 0.5) is 10.5 Å². The predicted octanol–water partition coefficient (Wildman–Crippen LogP) is 5.15. The van der Waals surface area contributed by atoms with Gasteiger partial charge in [-0.05, 0) is 60.5 Å². The summed E-state index contributed by atoms with van der Waals surface area (Å²) in [5, 5.41) is 8.20. The molecule has 0 bridgehead atoms. The Balaban J connectivity index is 1.79. The van der Waals surface area contributed by atoms with Crippen LogP contribution in [0.25, 0.3) is 0 Å². The van der Waals surface area contributed by atoms with Crippen molar-refractivity contribution in [3.05, 3.63) is 50.6 Å². The van der Waals surface area contributed by atoms with E-state index in [1.165, 1.54) is 4.88 Å². The van der Waals surface area contributed by atoms with Crippen LogP contribution in [0.5, 0.6) is 0 Å². The van der Waals surface area contributed by atoms with E-state index < -0.39 is 11.7 Å². The van der Waals surface area contributed by atoms with Gasteiger partial charge in [0.15, 0.2) is 0 Å². The Kier molecular flexibility index (Phi) is 6.21. The Morgan fingerprint density at radius 1 is 1.22 bits per heavy atom. The zero-order valence-electron chi connectivity index (χ0n) is 13.5. The molecule has 1 aromatic heterocycles. The number of carbonyl (C=O) groups excluding carboxylic acids is 1. The van der Waals surface area contributed by atoms with Gasteiger partial charge in [-0.15, -0.1) is 11.3 Å². The summed E-state index contributed by atoms with van der Waals surface area (Å²) < 4.78 is 6.34. The van der Waals surface area contributed by atoms with Crippen molar-refractivity contribution in [2.45, 2.75) is 39.5 Å². The maximum absolute atomic E-state index is 11.7. The minimum absolute atomic E-state index is 0.438. The summed E-state index contributed by atoms with van der Waals surface area (Å²) in [4.78, 5) is 13.0. The Labute approximate surface area is 149 Å². The van der Waals surface area contributed by atoms with Gasteiger partial charge in [-0.25, -0.2) is 4.79 Å². The molecule has 1 heterocycles. The number of carbonyl (C=O) groups is 1. The summed E-state index contributed by atoms with van der Waals surface area (Å²) in [7, 11) is 0. The molecule has 4 nitrogen and oxygen atoms in total. The van der Waals surface area contributed by atoms with Crippen molar-refractivity contribution in [2.75, 3.05) is 5.32 Å². The second-order valence-electron chi connectivity index (χ2n) is 6.16. The lowest BCUT2D eigenvalue weighted by Gasteiger charge is -2.19. The average molecular weight is 397 g/mol. The third-order valence-electron chi connectivity index (χ3n) is 2.85. The fourth-order valence-electron chi connectivity index (χ4n) is 1.90. The van der Waals surface area contributed by atoms with E-state index in [2.05, 4.69) is 38.0 Å². The fraction of sp³-hybridized carbons (Fsp3) is 0.353. The van der Waals surface area contributed by atoms with Crippen molar-refractivity contribution in [3.63, 3.8) is 0 Å². The van der Waals surface area contributed by atoms with Crippen molar-refractivity contribution in [2.24, 2.45) is 0 Å². The molecule has 0 unspecified atom stereocenters. The molecule has 0 spiro atoms. The lowest BCUT2D eigenvalue weighted by atomic mass is 10.2. The molecule has 0 saturated heterocycles. The molecule has 2 aromatic rings. The van der Waals surface area contributed by atoms with Crippen LogP contribution >= 0.6 is 27.3 Å². The van der Waals surface area contributed by atoms with E-state index in [1.807, 2.05) is 45.0 Å². The quantitative estimate of drug-likeness (QED) is 0.734. The van der Waals surface area contributed by atoms with Gasteiger partial charge >= 0.3 is 6.09 Å². The number of rotatable bonds is 5. The van der Waals surface area contributed by atoms with E-state index in [0.717, 1.165) is 28.8 Å². The van der Waals surface area contributed by atoms with Crippen LogP contribution in [0, 0.1) is 0 Å². The number of ether oxygens (including phenoxy) is 1. The smallest absolute Gasteiger partial charge is 0.412 e. The Bertz CT molecular complexity index is 647. The van der Waals surface area contributed by atoms with Crippen molar-refractivity contribution >= 4 is 39.0 Å². The van der Waals surface area contributed by atoms with Crippen molar-refractivity contribution in [1.29, 1.82) is 0 Å². The van der Waals surface area contributed by atoms with Crippen molar-refractivity contribution in [1.82, 2.24) is 5.32 Å². The molecule has 0 saturated carbocycles. The fourth-order valence-corrected chi connectivity index (χ4v) is 3.32. The second-order valence-corrected chi connectivity index (χ2v) is 8.07. The number of halogens is 1. The number of nitrogens with one attached hydrogen (secondary N) is 2. The molecule has 0 radical (unpaired) electrons. The molecular formula is C17H21BrN2O2S. The first-order chi connectivity index (χ1) is 10.8. The summed E-state index contributed by atoms with van der Waals surface area (Å²) in [6.07, 6.45) is -0.438. The molecule has 0 atom stereocenters. The van der Waals surface area contributed by atoms with Gasteiger partial charge in [-0.2, -0.15) is 0 Å². The minimum Gasteiger partial charge on any atom is -0.444 e. The van der Waals surface area contributed by atoms with E-state index in [4.69, 9.17) is 4.74 Å². The van der Waals surface area contributed by atoms with E-state index >= 15 is 0 Å². The number of benzene rings is 1. The van der Waals surface area contributed by atoms with Crippen molar-refractivity contribution in [3.8, 4) is 0 Å². The van der Waals surface area contributed by atoms with Crippen LogP contribution in [0.1, 0.15) is 31.2 Å². The molecular weight excluding hydrogens is 376 g/mol. The third kappa shape index (κ3) is 6.72. The molecule has 124 valence electrons. The minimum atomic E-state index is -0.495. The highest BCUT2D eigenvalue weighted by Crippen LogP contribution is 2.19. The van der Waals surface area contributed by atoms with Gasteiger partial charge in [0.05, 0.1) is 0 Å². The van der Waals surface area contributed by atoms with Gasteiger partial charge in [-0.3, -0.25) is 5.32 Å². The summed E-state index contributed by atoms with van der Waals surface area (Å²) in [5.74, 6) is 0. The van der Waals surface area contributed by atoms with Crippen LogP contribution in [0.15, 0.2) is 40.2 Å². The normalized spacial score (nSPS) is 11.3. The standard InChI is InChI=1S/C17H21BrN2O2S/c1-17(2,3)22-16(21)20-14-6-4-12(5-7-14)9-19-10-15-8-13(18)11-23-15/h4-8,11,19H,9-10H2,1-3H3,(H,20,21). The molecule has 0 aliphatic rings. The first kappa shape index (κ1) is 18.0. The van der Waals surface area contributed by atoms with Crippen LogP contribution in [0.3, 0.4) is 0 Å². The molecule has 2 N–H and O–H groups in total. The molecule has 0 aliphatic carbocycles. The zero-order valence-corrected chi connectivity index (χ0v) is 15.9. The van der Waals surface area contributed by atoms with Gasteiger partial charge in [0.25, 0.3) is 0 Å². The summed E-state index contributed by atoms with van der Waals surface area (Å²) in [5.41, 5.74) is 1.39. The van der Waals surface area contributed by atoms with E-state index in [-0.39, 0.29) is 0 Å². The maximum atomic E-state index is 11.7. The Morgan fingerprint density at radius 2 is 1.91 bits per heavy atom. The number of hydrogen-bond donors (Lipinski definition) is 2. The molecule has 1 amide bonds. The highest BCUT2D eigenvalue weighted by atomic mass is 79.9. The lowest BCUT2D eigenvalue weighted by molar-refractivity contribution is 0.0636. The van der Waals surface area contributed by atoms with Crippen LogP contribution < -0.4 is 10.6 Å². The van der Waals surface area contributed by atoms with Gasteiger partial charge in [0.1, 0.15) is 5.60 Å². The number of hydrogen-bond acceptors (Lipinski definition) is 4. The predicted molar refractivity (Wildman–Crippen MR) is 98.9 cm³/mol. The molecule has 6 heteroatoms. The Hall–Kier alpha value is -1.37. The monoisotopic (exact) mass is 396 g/mol. The molecule has 23 heavy (non-hydrogen) atoms. The highest BCUT2D eigenvalue weighted by Gasteiger charge is 2.15. The first-order valence-corrected chi connectivity index (χ1v) is 9.02. The zero-order chi connectivity index (χ0) is 16.9. The van der Waals surface area contributed by atoms with Crippen molar-refractivity contribution < 1.29 is 9.53 Å².